The van der Waals surface area contributed by atoms with Crippen molar-refractivity contribution in [2.75, 3.05) is 0 Å². The number of carbonyl (C=O) groups excluding carboxylic acids is 1. The van der Waals surface area contributed by atoms with Crippen LogP contribution in [0.4, 0.5) is 0 Å². The Balaban J connectivity index is 2.23. The van der Waals surface area contributed by atoms with Crippen molar-refractivity contribution >= 4 is 23.2 Å². The maximum atomic E-state index is 12.5. The molecule has 0 N–H and O–H groups in total. The number of aryl methyl sites for hydroxylation is 1. The highest BCUT2D eigenvalue weighted by Gasteiger charge is 2.22. The van der Waals surface area contributed by atoms with E-state index in [9.17, 15) is 9.59 Å². The first-order chi connectivity index (χ1) is 11.8. The summed E-state index contributed by atoms with van der Waals surface area (Å²) in [5, 5.41) is 0.638. The van der Waals surface area contributed by atoms with Crippen molar-refractivity contribution in [1.82, 2.24) is 14.0 Å². The maximum absolute atomic E-state index is 12.5. The van der Waals surface area contributed by atoms with Gasteiger partial charge in [-0.2, -0.15) is 0 Å². The molecule has 5 nitrogen and oxygen atoms in total. The van der Waals surface area contributed by atoms with Gasteiger partial charge in [0.05, 0.1) is 11.7 Å². The van der Waals surface area contributed by atoms with Crippen LogP contribution in [0.2, 0.25) is 5.02 Å². The lowest BCUT2D eigenvalue weighted by Crippen LogP contribution is -2.27. The molecule has 1 unspecified atom stereocenters. The number of rotatable bonds is 4. The van der Waals surface area contributed by atoms with E-state index in [0.29, 0.717) is 22.2 Å². The first-order valence-electron chi connectivity index (χ1n) is 8.20. The number of nitrogens with zero attached hydrogens (tertiary/aromatic N) is 3. The Labute approximate surface area is 150 Å². The third kappa shape index (κ3) is 3.12. The average Bonchev–Trinajstić information content (AvgIpc) is 2.99. The summed E-state index contributed by atoms with van der Waals surface area (Å²) in [6.45, 7) is 7.41. The fourth-order valence-corrected chi connectivity index (χ4v) is 3.15. The average molecular weight is 358 g/mol. The Morgan fingerprint density at radius 1 is 1.16 bits per heavy atom. The standard InChI is InChI=1S/C19H20ClN3O2/c1-11(2)18(25)13(4)23-12(3)9-17(24)22-10-16(21-19(22)23)14-5-7-15(20)8-6-14/h5-11,13H,1-4H3. The lowest BCUT2D eigenvalue weighted by molar-refractivity contribution is -0.124. The molecule has 2 heterocycles. The van der Waals surface area contributed by atoms with Crippen LogP contribution in [0, 0.1) is 12.8 Å². The molecule has 130 valence electrons. The van der Waals surface area contributed by atoms with Crippen LogP contribution in [0.3, 0.4) is 0 Å². The van der Waals surface area contributed by atoms with E-state index in [1.54, 1.807) is 18.3 Å². The number of ketones is 1. The number of benzene rings is 1. The van der Waals surface area contributed by atoms with Crippen molar-refractivity contribution in [3.05, 3.63) is 57.6 Å². The third-order valence-electron chi connectivity index (χ3n) is 4.36. The number of hydrogen-bond donors (Lipinski definition) is 0. The SMILES string of the molecule is Cc1cc(=O)n2cc(-c3ccc(Cl)cc3)nc2n1C(C)C(=O)C(C)C. The number of aromatic nitrogens is 3. The first-order valence-corrected chi connectivity index (χ1v) is 8.58. The van der Waals surface area contributed by atoms with Gasteiger partial charge in [-0.3, -0.25) is 14.0 Å². The molecule has 0 aliphatic heterocycles. The molecule has 0 fully saturated rings. The van der Waals surface area contributed by atoms with Gasteiger partial charge in [-0.15, -0.1) is 0 Å². The Morgan fingerprint density at radius 2 is 1.80 bits per heavy atom. The van der Waals surface area contributed by atoms with Crippen molar-refractivity contribution in [1.29, 1.82) is 0 Å². The summed E-state index contributed by atoms with van der Waals surface area (Å²) in [6.07, 6.45) is 1.70. The zero-order chi connectivity index (χ0) is 18.3. The molecule has 0 aliphatic carbocycles. The van der Waals surface area contributed by atoms with Crippen LogP contribution >= 0.6 is 11.6 Å². The lowest BCUT2D eigenvalue weighted by Gasteiger charge is -2.20. The van der Waals surface area contributed by atoms with Gasteiger partial charge in [-0.25, -0.2) is 4.98 Å². The molecule has 3 aromatic rings. The molecule has 0 radical (unpaired) electrons. The number of Topliss-reactive ketones (excluding diaryl/α,β-unsaturated/α-hetero) is 1. The zero-order valence-corrected chi connectivity index (χ0v) is 15.4. The molecule has 3 rings (SSSR count). The number of imidazole rings is 1. The molecule has 0 saturated heterocycles. The van der Waals surface area contributed by atoms with E-state index in [4.69, 9.17) is 11.6 Å². The van der Waals surface area contributed by atoms with E-state index in [-0.39, 0.29) is 17.3 Å². The van der Waals surface area contributed by atoms with E-state index in [2.05, 4.69) is 4.98 Å². The van der Waals surface area contributed by atoms with Gasteiger partial charge in [0.25, 0.3) is 5.56 Å². The molecule has 0 bridgehead atoms. The van der Waals surface area contributed by atoms with Crippen molar-refractivity contribution in [2.24, 2.45) is 5.92 Å². The summed E-state index contributed by atoms with van der Waals surface area (Å²) in [5.41, 5.74) is 2.07. The lowest BCUT2D eigenvalue weighted by atomic mass is 10.0. The zero-order valence-electron chi connectivity index (χ0n) is 14.7. The van der Waals surface area contributed by atoms with Gasteiger partial charge in [0.2, 0.25) is 5.78 Å². The molecular weight excluding hydrogens is 338 g/mol. The molecular formula is C19H20ClN3O2. The molecule has 25 heavy (non-hydrogen) atoms. The molecule has 0 saturated carbocycles. The fraction of sp³-hybridized carbons (Fsp3) is 0.316. The van der Waals surface area contributed by atoms with Crippen molar-refractivity contribution in [3.8, 4) is 11.3 Å². The fourth-order valence-electron chi connectivity index (χ4n) is 3.03. The minimum atomic E-state index is -0.399. The second-order valence-electron chi connectivity index (χ2n) is 6.53. The van der Waals surface area contributed by atoms with Crippen LogP contribution in [-0.2, 0) is 4.79 Å². The van der Waals surface area contributed by atoms with Crippen LogP contribution in [0.15, 0.2) is 41.3 Å². The summed E-state index contributed by atoms with van der Waals surface area (Å²) < 4.78 is 3.31. The predicted octanol–water partition coefficient (Wildman–Crippen LogP) is 3.91. The smallest absolute Gasteiger partial charge is 0.259 e. The van der Waals surface area contributed by atoms with Crippen LogP contribution in [-0.4, -0.2) is 19.7 Å². The first kappa shape index (κ1) is 17.4. The van der Waals surface area contributed by atoms with Crippen LogP contribution < -0.4 is 5.56 Å². The summed E-state index contributed by atoms with van der Waals surface area (Å²) in [6, 6.07) is 8.41. The highest BCUT2D eigenvalue weighted by atomic mass is 35.5. The van der Waals surface area contributed by atoms with E-state index in [1.807, 2.05) is 44.4 Å². The van der Waals surface area contributed by atoms with E-state index < -0.39 is 6.04 Å². The minimum Gasteiger partial charge on any atom is -0.305 e. The van der Waals surface area contributed by atoms with Crippen LogP contribution in [0.5, 0.6) is 0 Å². The summed E-state index contributed by atoms with van der Waals surface area (Å²) in [7, 11) is 0. The number of hydrogen-bond acceptors (Lipinski definition) is 3. The van der Waals surface area contributed by atoms with Crippen molar-refractivity contribution in [3.63, 3.8) is 0 Å². The Bertz CT molecular complexity index is 1000. The largest absolute Gasteiger partial charge is 0.305 e. The van der Waals surface area contributed by atoms with Gasteiger partial charge in [-0.1, -0.05) is 37.6 Å². The van der Waals surface area contributed by atoms with E-state index in [0.717, 1.165) is 5.56 Å². The van der Waals surface area contributed by atoms with Gasteiger partial charge >= 0.3 is 0 Å². The maximum Gasteiger partial charge on any atom is 0.259 e. The predicted molar refractivity (Wildman–Crippen MR) is 99.2 cm³/mol. The number of fused-ring (bicyclic) bond motifs is 1. The number of carbonyl (C=O) groups is 1. The Kier molecular flexibility index (Phi) is 4.52. The van der Waals surface area contributed by atoms with Crippen molar-refractivity contribution in [2.45, 2.75) is 33.7 Å². The topological polar surface area (TPSA) is 56.4 Å². The molecule has 1 aromatic carbocycles. The van der Waals surface area contributed by atoms with E-state index in [1.165, 1.54) is 10.5 Å². The van der Waals surface area contributed by atoms with Crippen LogP contribution in [0.25, 0.3) is 17.0 Å². The van der Waals surface area contributed by atoms with Crippen LogP contribution in [0.1, 0.15) is 32.5 Å². The molecule has 1 atom stereocenters. The van der Waals surface area contributed by atoms with Gasteiger partial charge in [0, 0.05) is 34.5 Å². The second kappa shape index (κ2) is 6.48. The quantitative estimate of drug-likeness (QED) is 0.711. The molecule has 0 aliphatic rings. The number of halogens is 1. The Morgan fingerprint density at radius 3 is 2.40 bits per heavy atom. The second-order valence-corrected chi connectivity index (χ2v) is 6.97. The summed E-state index contributed by atoms with van der Waals surface area (Å²) in [4.78, 5) is 29.5. The van der Waals surface area contributed by atoms with Gasteiger partial charge in [-0.05, 0) is 26.0 Å². The monoisotopic (exact) mass is 357 g/mol. The molecule has 2 aromatic heterocycles. The normalized spacial score (nSPS) is 12.7. The third-order valence-corrected chi connectivity index (χ3v) is 4.61. The van der Waals surface area contributed by atoms with E-state index >= 15 is 0 Å². The molecule has 0 amide bonds. The Hall–Kier alpha value is -2.40. The van der Waals surface area contributed by atoms with Gasteiger partial charge in [0.15, 0.2) is 5.78 Å². The highest BCUT2D eigenvalue weighted by molar-refractivity contribution is 6.30. The van der Waals surface area contributed by atoms with Crippen molar-refractivity contribution < 1.29 is 4.79 Å². The summed E-state index contributed by atoms with van der Waals surface area (Å²) in [5.74, 6) is 0.473. The molecule has 0 spiro atoms. The van der Waals surface area contributed by atoms with Gasteiger partial charge < -0.3 is 4.57 Å². The minimum absolute atomic E-state index is 0.0976. The highest BCUT2D eigenvalue weighted by Crippen LogP contribution is 2.23. The van der Waals surface area contributed by atoms with Gasteiger partial charge in [0.1, 0.15) is 0 Å². The summed E-state index contributed by atoms with van der Waals surface area (Å²) >= 11 is 5.94. The molecule has 6 heteroatoms.